The minimum Gasteiger partial charge on any atom is -0.390 e. The van der Waals surface area contributed by atoms with Crippen LogP contribution in [0.2, 0.25) is 0 Å². The maximum Gasteiger partial charge on any atom is 0.0927 e. The first kappa shape index (κ1) is 13.1. The van der Waals surface area contributed by atoms with E-state index in [1.54, 1.807) is 0 Å². The molecular formula is C15H21NO3. The molecule has 0 amide bonds. The number of nitrogens with one attached hydrogen (secondary N) is 1. The van der Waals surface area contributed by atoms with Gasteiger partial charge < -0.3 is 20.6 Å². The summed E-state index contributed by atoms with van der Waals surface area (Å²) in [5.41, 5.74) is 1.75. The lowest BCUT2D eigenvalue weighted by Gasteiger charge is -2.42. The zero-order valence-corrected chi connectivity index (χ0v) is 11.1. The highest BCUT2D eigenvalue weighted by atomic mass is 16.3. The average Bonchev–Trinajstić information content (AvgIpc) is 3.16. The average molecular weight is 263 g/mol. The number of aliphatic hydroxyl groups excluding tert-OH is 3. The van der Waals surface area contributed by atoms with Crippen LogP contribution in [0.15, 0.2) is 24.3 Å². The number of benzene rings is 1. The number of hydrogen-bond acceptors (Lipinski definition) is 4. The van der Waals surface area contributed by atoms with E-state index in [4.69, 9.17) is 0 Å². The van der Waals surface area contributed by atoms with Crippen LogP contribution in [0.25, 0.3) is 0 Å². The van der Waals surface area contributed by atoms with E-state index in [2.05, 4.69) is 5.32 Å². The second-order valence-electron chi connectivity index (χ2n) is 5.98. The Bertz CT molecular complexity index is 455. The Balaban J connectivity index is 1.88. The molecule has 1 aromatic rings. The quantitative estimate of drug-likeness (QED) is 0.627. The summed E-state index contributed by atoms with van der Waals surface area (Å²) in [7, 11) is 0. The van der Waals surface area contributed by atoms with E-state index in [-0.39, 0.29) is 11.5 Å². The zero-order valence-electron chi connectivity index (χ0n) is 11.1. The Morgan fingerprint density at radius 2 is 1.84 bits per heavy atom. The molecule has 3 rings (SSSR count). The van der Waals surface area contributed by atoms with E-state index in [1.165, 1.54) is 0 Å². The molecule has 4 atom stereocenters. The molecule has 1 heterocycles. The van der Waals surface area contributed by atoms with Crippen molar-refractivity contribution in [2.24, 2.45) is 5.92 Å². The van der Waals surface area contributed by atoms with Crippen molar-refractivity contribution in [3.63, 3.8) is 0 Å². The van der Waals surface area contributed by atoms with Gasteiger partial charge in [-0.1, -0.05) is 29.8 Å². The fraction of sp³-hybridized carbons (Fsp3) is 0.600. The molecule has 4 heteroatoms. The highest BCUT2D eigenvalue weighted by Gasteiger charge is 2.58. The Hall–Kier alpha value is -0.940. The van der Waals surface area contributed by atoms with Crippen molar-refractivity contribution in [1.82, 2.24) is 5.32 Å². The number of piperidine rings is 1. The first-order valence-corrected chi connectivity index (χ1v) is 6.89. The summed E-state index contributed by atoms with van der Waals surface area (Å²) >= 11 is 0. The van der Waals surface area contributed by atoms with Gasteiger partial charge in [0.05, 0.1) is 18.3 Å². The van der Waals surface area contributed by atoms with E-state index in [1.807, 2.05) is 31.2 Å². The van der Waals surface area contributed by atoms with Crippen LogP contribution >= 0.6 is 0 Å². The largest absolute Gasteiger partial charge is 0.390 e. The normalized spacial score (nSPS) is 34.2. The van der Waals surface area contributed by atoms with E-state index in [0.717, 1.165) is 24.0 Å². The Morgan fingerprint density at radius 1 is 1.21 bits per heavy atom. The molecule has 2 fully saturated rings. The second kappa shape index (κ2) is 4.56. The Morgan fingerprint density at radius 3 is 2.42 bits per heavy atom. The van der Waals surface area contributed by atoms with Gasteiger partial charge in [-0.15, -0.1) is 0 Å². The predicted molar refractivity (Wildman–Crippen MR) is 71.6 cm³/mol. The molecule has 1 saturated carbocycles. The van der Waals surface area contributed by atoms with Crippen LogP contribution < -0.4 is 5.32 Å². The van der Waals surface area contributed by atoms with Crippen LogP contribution in [0.5, 0.6) is 0 Å². The molecule has 1 aliphatic heterocycles. The lowest BCUT2D eigenvalue weighted by atomic mass is 9.78. The zero-order chi connectivity index (χ0) is 13.6. The van der Waals surface area contributed by atoms with Gasteiger partial charge >= 0.3 is 0 Å². The van der Waals surface area contributed by atoms with Crippen LogP contribution in [-0.4, -0.2) is 39.6 Å². The van der Waals surface area contributed by atoms with Crippen molar-refractivity contribution in [2.75, 3.05) is 6.54 Å². The number of rotatable bonds is 2. The van der Waals surface area contributed by atoms with Gasteiger partial charge in [0, 0.05) is 18.0 Å². The first-order valence-electron chi connectivity index (χ1n) is 6.89. The van der Waals surface area contributed by atoms with E-state index in [9.17, 15) is 15.3 Å². The fourth-order valence-corrected chi connectivity index (χ4v) is 3.22. The number of aryl methyl sites for hydroxylation is 1. The fourth-order valence-electron chi connectivity index (χ4n) is 3.22. The van der Waals surface area contributed by atoms with Gasteiger partial charge in [0.1, 0.15) is 0 Å². The van der Waals surface area contributed by atoms with Gasteiger partial charge in [0.15, 0.2) is 0 Å². The van der Waals surface area contributed by atoms with Gasteiger partial charge in [0.25, 0.3) is 0 Å². The van der Waals surface area contributed by atoms with Crippen molar-refractivity contribution in [3.8, 4) is 0 Å². The molecule has 1 saturated heterocycles. The molecular weight excluding hydrogens is 242 g/mol. The highest BCUT2D eigenvalue weighted by molar-refractivity contribution is 5.27. The maximum atomic E-state index is 10.6. The third-order valence-corrected chi connectivity index (χ3v) is 4.61. The number of β-amino-alcohol motifs (C(OH)–C–C–N with tert-alkyl or cyclic N) is 1. The molecule has 1 unspecified atom stereocenters. The summed E-state index contributed by atoms with van der Waals surface area (Å²) < 4.78 is 0. The van der Waals surface area contributed by atoms with Crippen molar-refractivity contribution in [3.05, 3.63) is 35.4 Å². The maximum absolute atomic E-state index is 10.6. The summed E-state index contributed by atoms with van der Waals surface area (Å²) in [5.74, 6) is -0.348. The molecule has 0 bridgehead atoms. The Labute approximate surface area is 113 Å². The lowest BCUT2D eigenvalue weighted by Crippen LogP contribution is -2.59. The number of aliphatic hydroxyl groups is 3. The predicted octanol–water partition coefficient (Wildman–Crippen LogP) is 0.502. The van der Waals surface area contributed by atoms with Crippen LogP contribution in [0, 0.1) is 12.8 Å². The van der Waals surface area contributed by atoms with Crippen LogP contribution in [-0.2, 0) is 0 Å². The highest BCUT2D eigenvalue weighted by Crippen LogP contribution is 2.51. The molecule has 4 nitrogen and oxygen atoms in total. The van der Waals surface area contributed by atoms with Gasteiger partial charge in [-0.05, 0) is 25.3 Å². The summed E-state index contributed by atoms with van der Waals surface area (Å²) in [4.78, 5) is 0. The van der Waals surface area contributed by atoms with E-state index >= 15 is 0 Å². The lowest BCUT2D eigenvalue weighted by molar-refractivity contribution is -0.0989. The van der Waals surface area contributed by atoms with Crippen molar-refractivity contribution >= 4 is 0 Å². The van der Waals surface area contributed by atoms with E-state index in [0.29, 0.717) is 6.54 Å². The summed E-state index contributed by atoms with van der Waals surface area (Å²) in [6.45, 7) is 2.40. The minimum atomic E-state index is -0.875. The van der Waals surface area contributed by atoms with Gasteiger partial charge in [-0.2, -0.15) is 0 Å². The summed E-state index contributed by atoms with van der Waals surface area (Å²) in [6.07, 6.45) is -0.536. The molecule has 19 heavy (non-hydrogen) atoms. The number of hydrogen-bond donors (Lipinski definition) is 4. The van der Waals surface area contributed by atoms with Gasteiger partial charge in [-0.25, -0.2) is 0 Å². The standard InChI is InChI=1S/C15H21NO3/c1-9-2-4-10(5-3-9)13(18)12-14(19)11(17)8-16-15(12)6-7-15/h2-5,11-14,16-19H,6-8H2,1H3/t11-,12-,13?,14+/m1/s1. The molecule has 1 aliphatic carbocycles. The molecule has 0 aromatic heterocycles. The molecule has 2 aliphatic rings. The molecule has 104 valence electrons. The Kier molecular flexibility index (Phi) is 3.14. The summed E-state index contributed by atoms with van der Waals surface area (Å²) in [6, 6.07) is 7.70. The second-order valence-corrected chi connectivity index (χ2v) is 5.98. The van der Waals surface area contributed by atoms with Crippen LogP contribution in [0.4, 0.5) is 0 Å². The van der Waals surface area contributed by atoms with E-state index < -0.39 is 18.3 Å². The SMILES string of the molecule is Cc1ccc(C(O)[C@@H]2[C@@H](O)[C@H](O)CNC23CC3)cc1. The van der Waals surface area contributed by atoms with Gasteiger partial charge in [-0.3, -0.25) is 0 Å². The minimum absolute atomic E-state index is 0.192. The van der Waals surface area contributed by atoms with Crippen molar-refractivity contribution in [1.29, 1.82) is 0 Å². The molecule has 1 aromatic carbocycles. The molecule has 0 radical (unpaired) electrons. The monoisotopic (exact) mass is 263 g/mol. The van der Waals surface area contributed by atoms with Crippen molar-refractivity contribution < 1.29 is 15.3 Å². The third-order valence-electron chi connectivity index (χ3n) is 4.61. The smallest absolute Gasteiger partial charge is 0.0927 e. The summed E-state index contributed by atoms with van der Waals surface area (Å²) in [5, 5.41) is 34.0. The van der Waals surface area contributed by atoms with Gasteiger partial charge in [0.2, 0.25) is 0 Å². The van der Waals surface area contributed by atoms with Crippen LogP contribution in [0.1, 0.15) is 30.1 Å². The first-order chi connectivity index (χ1) is 9.03. The van der Waals surface area contributed by atoms with Crippen molar-refractivity contribution in [2.45, 2.75) is 43.6 Å². The molecule has 4 N–H and O–H groups in total. The molecule has 1 spiro atoms. The third kappa shape index (κ3) is 2.19. The van der Waals surface area contributed by atoms with Crippen LogP contribution in [0.3, 0.4) is 0 Å². The topological polar surface area (TPSA) is 72.7 Å².